The van der Waals surface area contributed by atoms with Crippen LogP contribution < -0.4 is 0 Å². The summed E-state index contributed by atoms with van der Waals surface area (Å²) in [5, 5.41) is 0. The molecule has 0 atom stereocenters. The van der Waals surface area contributed by atoms with E-state index in [4.69, 9.17) is 9.16 Å². The smallest absolute Gasteiger partial charge is 0.265 e. The molecule has 0 bridgehead atoms. The summed E-state index contributed by atoms with van der Waals surface area (Å²) < 4.78 is 11.0. The minimum Gasteiger partial charge on any atom is -0.520 e. The third-order valence-corrected chi connectivity index (χ3v) is 1.87. The Hall–Kier alpha value is -0.703. The first-order valence-corrected chi connectivity index (χ1v) is 7.95. The topological polar surface area (TPSA) is 18.5 Å². The Balaban J connectivity index is 4.35. The minimum absolute atomic E-state index is 0.606. The van der Waals surface area contributed by atoms with Crippen molar-refractivity contribution in [1.29, 1.82) is 0 Å². The Bertz CT molecular complexity index is 201. The largest absolute Gasteiger partial charge is 0.520 e. The summed E-state index contributed by atoms with van der Waals surface area (Å²) in [5.41, 5.74) is 0.946. The fourth-order valence-corrected chi connectivity index (χ4v) is 1.47. The first-order valence-electron chi connectivity index (χ1n) is 4.54. The molecule has 76 valence electrons. The summed E-state index contributed by atoms with van der Waals surface area (Å²) in [5.74, 6) is 0.606. The van der Waals surface area contributed by atoms with Crippen LogP contribution >= 0.6 is 0 Å². The van der Waals surface area contributed by atoms with Gasteiger partial charge in [-0.1, -0.05) is 12.2 Å². The van der Waals surface area contributed by atoms with E-state index in [2.05, 4.69) is 26.2 Å². The van der Waals surface area contributed by atoms with Crippen LogP contribution in [0.2, 0.25) is 19.6 Å². The van der Waals surface area contributed by atoms with Crippen LogP contribution in [0.5, 0.6) is 0 Å². The first kappa shape index (κ1) is 12.3. The van der Waals surface area contributed by atoms with Gasteiger partial charge in [0, 0.05) is 6.08 Å². The Morgan fingerprint density at radius 2 is 1.92 bits per heavy atom. The molecule has 0 N–H and O–H groups in total. The van der Waals surface area contributed by atoms with Gasteiger partial charge in [0.05, 0.1) is 6.61 Å². The van der Waals surface area contributed by atoms with Crippen LogP contribution in [0.4, 0.5) is 0 Å². The molecule has 0 aliphatic heterocycles. The quantitative estimate of drug-likeness (QED) is 0.385. The van der Waals surface area contributed by atoms with Crippen molar-refractivity contribution in [2.45, 2.75) is 33.5 Å². The SMILES string of the molecule is C=C(C)/C=C(\OCC)O[Si](C)(C)C. The van der Waals surface area contributed by atoms with Crippen molar-refractivity contribution in [3.05, 3.63) is 24.2 Å². The third kappa shape index (κ3) is 7.65. The molecule has 0 heterocycles. The zero-order valence-electron chi connectivity index (χ0n) is 9.31. The van der Waals surface area contributed by atoms with Gasteiger partial charge in [-0.3, -0.25) is 0 Å². The van der Waals surface area contributed by atoms with E-state index in [-0.39, 0.29) is 0 Å². The number of hydrogen-bond acceptors (Lipinski definition) is 2. The molecule has 3 heteroatoms. The standard InChI is InChI=1S/C10H20O2Si/c1-7-11-10(8-9(2)3)12-13(4,5)6/h8H,2,7H2,1,3-6H3/b10-8+. The van der Waals surface area contributed by atoms with Crippen molar-refractivity contribution >= 4 is 8.32 Å². The summed E-state index contributed by atoms with van der Waals surface area (Å²) in [6, 6.07) is 0. The second-order valence-corrected chi connectivity index (χ2v) is 8.39. The molecular formula is C10H20O2Si. The molecule has 0 saturated carbocycles. The van der Waals surface area contributed by atoms with Crippen molar-refractivity contribution in [2.24, 2.45) is 0 Å². The predicted octanol–water partition coefficient (Wildman–Crippen LogP) is 3.29. The van der Waals surface area contributed by atoms with Crippen LogP contribution in [-0.2, 0) is 9.16 Å². The van der Waals surface area contributed by atoms with Crippen molar-refractivity contribution in [2.75, 3.05) is 6.61 Å². The van der Waals surface area contributed by atoms with Crippen molar-refractivity contribution in [1.82, 2.24) is 0 Å². The Labute approximate surface area is 82.4 Å². The minimum atomic E-state index is -1.56. The Morgan fingerprint density at radius 1 is 1.38 bits per heavy atom. The summed E-state index contributed by atoms with van der Waals surface area (Å²) in [4.78, 5) is 0. The molecular weight excluding hydrogens is 180 g/mol. The highest BCUT2D eigenvalue weighted by Gasteiger charge is 2.18. The van der Waals surface area contributed by atoms with E-state index >= 15 is 0 Å². The lowest BCUT2D eigenvalue weighted by molar-refractivity contribution is 0.112. The third-order valence-electron chi connectivity index (χ3n) is 1.06. The van der Waals surface area contributed by atoms with Crippen LogP contribution in [0.15, 0.2) is 24.2 Å². The van der Waals surface area contributed by atoms with Crippen LogP contribution in [0, 0.1) is 0 Å². The maximum absolute atomic E-state index is 5.71. The van der Waals surface area contributed by atoms with E-state index in [0.717, 1.165) is 5.57 Å². The molecule has 0 saturated heterocycles. The lowest BCUT2D eigenvalue weighted by Crippen LogP contribution is -2.25. The highest BCUT2D eigenvalue weighted by atomic mass is 28.4. The summed E-state index contributed by atoms with van der Waals surface area (Å²) in [6.07, 6.45) is 1.84. The van der Waals surface area contributed by atoms with Crippen LogP contribution in [0.1, 0.15) is 13.8 Å². The van der Waals surface area contributed by atoms with E-state index < -0.39 is 8.32 Å². The van der Waals surface area contributed by atoms with Gasteiger partial charge in [0.2, 0.25) is 8.32 Å². The van der Waals surface area contributed by atoms with Crippen molar-refractivity contribution < 1.29 is 9.16 Å². The van der Waals surface area contributed by atoms with Gasteiger partial charge in [0.15, 0.2) is 0 Å². The average Bonchev–Trinajstić information content (AvgIpc) is 1.81. The molecule has 0 aliphatic rings. The molecule has 0 aromatic rings. The van der Waals surface area contributed by atoms with Gasteiger partial charge in [-0.05, 0) is 33.5 Å². The zero-order valence-corrected chi connectivity index (χ0v) is 10.3. The average molecular weight is 200 g/mol. The van der Waals surface area contributed by atoms with Gasteiger partial charge in [0.1, 0.15) is 0 Å². The normalized spacial score (nSPS) is 12.5. The Kier molecular flexibility index (Phi) is 4.84. The Morgan fingerprint density at radius 3 is 2.23 bits per heavy atom. The van der Waals surface area contributed by atoms with Crippen molar-refractivity contribution in [3.8, 4) is 0 Å². The van der Waals surface area contributed by atoms with E-state index in [0.29, 0.717) is 12.6 Å². The van der Waals surface area contributed by atoms with E-state index in [1.54, 1.807) is 0 Å². The lowest BCUT2D eigenvalue weighted by Gasteiger charge is -2.21. The summed E-state index contributed by atoms with van der Waals surface area (Å²) in [7, 11) is -1.56. The maximum Gasteiger partial charge on any atom is 0.265 e. The molecule has 0 fully saturated rings. The lowest BCUT2D eigenvalue weighted by atomic mass is 10.3. The van der Waals surface area contributed by atoms with Gasteiger partial charge in [0.25, 0.3) is 5.95 Å². The fraction of sp³-hybridized carbons (Fsp3) is 0.600. The molecule has 0 aromatic heterocycles. The fourth-order valence-electron chi connectivity index (χ4n) is 0.746. The number of hydrogen-bond donors (Lipinski definition) is 0. The van der Waals surface area contributed by atoms with Gasteiger partial charge in [-0.2, -0.15) is 0 Å². The summed E-state index contributed by atoms with van der Waals surface area (Å²) in [6.45, 7) is 14.7. The zero-order chi connectivity index (χ0) is 10.5. The van der Waals surface area contributed by atoms with Gasteiger partial charge in [-0.15, -0.1) is 0 Å². The molecule has 0 amide bonds. The van der Waals surface area contributed by atoms with Gasteiger partial charge in [-0.25, -0.2) is 0 Å². The van der Waals surface area contributed by atoms with Crippen molar-refractivity contribution in [3.63, 3.8) is 0 Å². The van der Waals surface area contributed by atoms with Crippen LogP contribution in [0.3, 0.4) is 0 Å². The predicted molar refractivity (Wildman–Crippen MR) is 59.0 cm³/mol. The monoisotopic (exact) mass is 200 g/mol. The number of ether oxygens (including phenoxy) is 1. The van der Waals surface area contributed by atoms with Gasteiger partial charge >= 0.3 is 0 Å². The molecule has 0 radical (unpaired) electrons. The highest BCUT2D eigenvalue weighted by Crippen LogP contribution is 2.12. The molecule has 13 heavy (non-hydrogen) atoms. The molecule has 0 aliphatic carbocycles. The maximum atomic E-state index is 5.71. The molecule has 2 nitrogen and oxygen atoms in total. The van der Waals surface area contributed by atoms with E-state index in [9.17, 15) is 0 Å². The molecule has 0 spiro atoms. The van der Waals surface area contributed by atoms with Gasteiger partial charge < -0.3 is 9.16 Å². The number of allylic oxidation sites excluding steroid dienone is 2. The molecule has 0 aromatic carbocycles. The molecule has 0 unspecified atom stereocenters. The highest BCUT2D eigenvalue weighted by molar-refractivity contribution is 6.69. The van der Waals surface area contributed by atoms with E-state index in [1.807, 2.05) is 19.9 Å². The summed E-state index contributed by atoms with van der Waals surface area (Å²) >= 11 is 0. The second-order valence-electron chi connectivity index (χ2n) is 3.96. The van der Waals surface area contributed by atoms with Crippen LogP contribution in [-0.4, -0.2) is 14.9 Å². The number of rotatable bonds is 5. The molecule has 0 rings (SSSR count). The second kappa shape index (κ2) is 5.12. The van der Waals surface area contributed by atoms with E-state index in [1.165, 1.54) is 0 Å². The van der Waals surface area contributed by atoms with Crippen LogP contribution in [0.25, 0.3) is 0 Å². The first-order chi connectivity index (χ1) is 5.85.